The number of aromatic amines is 1. The van der Waals surface area contributed by atoms with Crippen molar-refractivity contribution in [3.8, 4) is 0 Å². The monoisotopic (exact) mass is 307 g/mol. The highest BCUT2D eigenvalue weighted by molar-refractivity contribution is 6.18. The maximum atomic E-state index is 11.9. The first-order valence-electron chi connectivity index (χ1n) is 6.63. The van der Waals surface area contributed by atoms with Crippen LogP contribution in [0.1, 0.15) is 0 Å². The molecular formula is C16H13N5O2. The van der Waals surface area contributed by atoms with Crippen LogP contribution in [0.5, 0.6) is 0 Å². The lowest BCUT2D eigenvalue weighted by Crippen LogP contribution is -2.27. The highest BCUT2D eigenvalue weighted by atomic mass is 16.2. The molecule has 0 atom stereocenters. The predicted octanol–water partition coefficient (Wildman–Crippen LogP) is -0.285. The number of carbonyl (C=O) groups is 2. The number of hydrogen-bond acceptors (Lipinski definition) is 2. The summed E-state index contributed by atoms with van der Waals surface area (Å²) in [6, 6.07) is 6.97. The highest BCUT2D eigenvalue weighted by Crippen LogP contribution is 2.08. The Balaban J connectivity index is 3.11. The first kappa shape index (κ1) is 15.8. The van der Waals surface area contributed by atoms with E-state index in [2.05, 4.69) is 25.3 Å². The molecule has 0 saturated carbocycles. The van der Waals surface area contributed by atoms with Crippen LogP contribution >= 0.6 is 0 Å². The van der Waals surface area contributed by atoms with Gasteiger partial charge in [0.2, 0.25) is 0 Å². The fourth-order valence-corrected chi connectivity index (χ4v) is 2.23. The third kappa shape index (κ3) is 2.63. The zero-order valence-electron chi connectivity index (χ0n) is 12.5. The Bertz CT molecular complexity index is 922. The molecule has 0 aliphatic heterocycles. The summed E-state index contributed by atoms with van der Waals surface area (Å²) < 4.78 is 0. The molecule has 0 radical (unpaired) electrons. The van der Waals surface area contributed by atoms with Crippen LogP contribution in [0.3, 0.4) is 0 Å². The number of nitrogens with zero attached hydrogens (tertiary/aromatic N) is 2. The number of H-pyrrole nitrogens is 1. The van der Waals surface area contributed by atoms with Crippen LogP contribution in [-0.2, 0) is 9.59 Å². The summed E-state index contributed by atoms with van der Waals surface area (Å²) in [5, 5.41) is 6.59. The van der Waals surface area contributed by atoms with Crippen LogP contribution in [0.25, 0.3) is 31.9 Å². The fourth-order valence-electron chi connectivity index (χ4n) is 2.23. The van der Waals surface area contributed by atoms with Crippen LogP contribution in [0, 0.1) is 13.1 Å². The highest BCUT2D eigenvalue weighted by Gasteiger charge is 2.16. The molecule has 2 aromatic rings. The second kappa shape index (κ2) is 6.46. The van der Waals surface area contributed by atoms with Crippen LogP contribution in [-0.4, -0.2) is 30.9 Å². The Morgan fingerprint density at radius 3 is 1.61 bits per heavy atom. The lowest BCUT2D eigenvalue weighted by Gasteiger charge is -1.95. The van der Waals surface area contributed by atoms with Gasteiger partial charge in [0.05, 0.1) is 23.8 Å². The largest absolute Gasteiger partial charge is 0.373 e. The lowest BCUT2D eigenvalue weighted by molar-refractivity contribution is -0.115. The summed E-state index contributed by atoms with van der Waals surface area (Å²) in [5.41, 5.74) is -0.257. The van der Waals surface area contributed by atoms with E-state index in [9.17, 15) is 9.59 Å². The van der Waals surface area contributed by atoms with E-state index < -0.39 is 11.8 Å². The third-order valence-corrected chi connectivity index (χ3v) is 3.30. The van der Waals surface area contributed by atoms with E-state index >= 15 is 0 Å². The van der Waals surface area contributed by atoms with Gasteiger partial charge in [-0.15, -0.1) is 0 Å². The molecule has 0 saturated heterocycles. The average Bonchev–Trinajstić information content (AvgIpc) is 2.95. The molecule has 7 heteroatoms. The van der Waals surface area contributed by atoms with E-state index in [1.54, 1.807) is 24.3 Å². The van der Waals surface area contributed by atoms with E-state index in [1.807, 2.05) is 0 Å². The summed E-state index contributed by atoms with van der Waals surface area (Å²) in [6.45, 7) is 14.5. The number of benzene rings is 1. The summed E-state index contributed by atoms with van der Waals surface area (Å²) in [7, 11) is 2.86. The predicted molar refractivity (Wildman–Crippen MR) is 85.7 cm³/mol. The molecular weight excluding hydrogens is 294 g/mol. The number of nitrogens with one attached hydrogen (secondary N) is 3. The van der Waals surface area contributed by atoms with Crippen LogP contribution in [0.15, 0.2) is 24.3 Å². The van der Waals surface area contributed by atoms with Crippen molar-refractivity contribution in [1.82, 2.24) is 15.6 Å². The number of carbonyl (C=O) groups excluding carboxylic acids is 2. The van der Waals surface area contributed by atoms with Gasteiger partial charge in [-0.2, -0.15) is 0 Å². The second-order valence-corrected chi connectivity index (χ2v) is 4.50. The van der Waals surface area contributed by atoms with E-state index in [-0.39, 0.29) is 22.1 Å². The van der Waals surface area contributed by atoms with Gasteiger partial charge in [0.1, 0.15) is 0 Å². The molecule has 0 fully saturated rings. The number of fused-ring (bicyclic) bond motifs is 1. The lowest BCUT2D eigenvalue weighted by atomic mass is 10.1. The zero-order chi connectivity index (χ0) is 17.0. The molecule has 0 spiro atoms. The first-order valence-corrected chi connectivity index (χ1v) is 6.63. The minimum atomic E-state index is -0.539. The van der Waals surface area contributed by atoms with Crippen molar-refractivity contribution in [1.29, 1.82) is 0 Å². The average molecular weight is 307 g/mol. The number of likely N-dealkylation sites (N-methyl/N-ethyl adjacent to an activating group) is 2. The van der Waals surface area contributed by atoms with E-state index in [0.29, 0.717) is 10.8 Å². The number of hydrogen-bond donors (Lipinski definition) is 3. The number of aromatic nitrogens is 1. The van der Waals surface area contributed by atoms with Crippen molar-refractivity contribution >= 4 is 34.0 Å². The summed E-state index contributed by atoms with van der Waals surface area (Å²) in [5.74, 6) is -1.08. The molecule has 1 heterocycles. The molecule has 114 valence electrons. The maximum Gasteiger partial charge on any atom is 0.273 e. The van der Waals surface area contributed by atoms with Gasteiger partial charge in [-0.05, 0) is 10.8 Å². The van der Waals surface area contributed by atoms with Gasteiger partial charge in [-0.3, -0.25) is 9.59 Å². The Labute approximate surface area is 131 Å². The maximum absolute atomic E-state index is 11.9. The third-order valence-electron chi connectivity index (χ3n) is 3.30. The fraction of sp³-hybridized carbons (Fsp3) is 0.125. The second-order valence-electron chi connectivity index (χ2n) is 4.50. The van der Waals surface area contributed by atoms with Crippen molar-refractivity contribution < 1.29 is 9.59 Å². The van der Waals surface area contributed by atoms with Gasteiger partial charge >= 0.3 is 0 Å². The molecule has 1 aromatic heterocycles. The molecule has 0 unspecified atom stereocenters. The van der Waals surface area contributed by atoms with E-state index in [0.717, 1.165) is 0 Å². The van der Waals surface area contributed by atoms with Crippen molar-refractivity contribution in [2.45, 2.75) is 0 Å². The summed E-state index contributed by atoms with van der Waals surface area (Å²) in [4.78, 5) is 33.3. The van der Waals surface area contributed by atoms with Crippen molar-refractivity contribution in [3.63, 3.8) is 0 Å². The molecule has 1 aromatic carbocycles. The van der Waals surface area contributed by atoms with Crippen molar-refractivity contribution in [2.24, 2.45) is 0 Å². The molecule has 2 amide bonds. The van der Waals surface area contributed by atoms with Crippen LogP contribution in [0.2, 0.25) is 0 Å². The molecule has 0 bridgehead atoms. The van der Waals surface area contributed by atoms with Gasteiger partial charge in [-0.1, -0.05) is 24.3 Å². The number of rotatable bonds is 2. The molecule has 0 aliphatic rings. The van der Waals surface area contributed by atoms with E-state index in [4.69, 9.17) is 13.1 Å². The van der Waals surface area contributed by atoms with Gasteiger partial charge in [0.15, 0.2) is 0 Å². The minimum absolute atomic E-state index is 0.129. The molecule has 0 aliphatic carbocycles. The van der Waals surface area contributed by atoms with E-state index in [1.165, 1.54) is 14.1 Å². The summed E-state index contributed by atoms with van der Waals surface area (Å²) in [6.07, 6.45) is 0. The van der Waals surface area contributed by atoms with Gasteiger partial charge in [0, 0.05) is 14.1 Å². The van der Waals surface area contributed by atoms with Gasteiger partial charge in [-0.25, -0.2) is 9.69 Å². The minimum Gasteiger partial charge on any atom is -0.373 e. The van der Waals surface area contributed by atoms with Gasteiger partial charge < -0.3 is 15.6 Å². The number of amides is 2. The first-order chi connectivity index (χ1) is 11.1. The molecule has 2 rings (SSSR count). The molecule has 23 heavy (non-hydrogen) atoms. The Morgan fingerprint density at radius 2 is 1.30 bits per heavy atom. The Morgan fingerprint density at radius 1 is 0.913 bits per heavy atom. The molecule has 7 nitrogen and oxygen atoms in total. The Kier molecular flexibility index (Phi) is 4.44. The summed E-state index contributed by atoms with van der Waals surface area (Å²) >= 11 is 0. The SMILES string of the molecule is [C-]#[N+]/C(C(=O)NC)=c1/[nH]/c(=C(/[N+]#[C-])C(=O)NC)c2ccccc12. The van der Waals surface area contributed by atoms with Gasteiger partial charge in [0.25, 0.3) is 23.2 Å². The topological polar surface area (TPSA) is 82.7 Å². The molecule has 3 N–H and O–H groups in total. The quantitative estimate of drug-likeness (QED) is 0.667. The van der Waals surface area contributed by atoms with Crippen molar-refractivity contribution in [2.75, 3.05) is 14.1 Å². The van der Waals surface area contributed by atoms with Crippen LogP contribution < -0.4 is 21.3 Å². The smallest absolute Gasteiger partial charge is 0.273 e. The Hall–Kier alpha value is -3.58. The van der Waals surface area contributed by atoms with Crippen LogP contribution in [0.4, 0.5) is 0 Å². The zero-order valence-corrected chi connectivity index (χ0v) is 12.5. The standard InChI is InChI=1S/C16H13N5O2/c1-17-13(15(22)19-3)11-9-7-5-6-8-10(9)12(21-11)14(18-2)16(23)20-4/h5-8,21H,3-4H3,(H,19,22)(H,20,23)/b13-11+,14-12+. The van der Waals surface area contributed by atoms with Crippen molar-refractivity contribution in [3.05, 3.63) is 57.8 Å². The normalized spacial score (nSPS) is 12.7.